The van der Waals surface area contributed by atoms with E-state index in [1.807, 2.05) is 37.9 Å². The van der Waals surface area contributed by atoms with Crippen molar-refractivity contribution in [2.45, 2.75) is 27.2 Å². The number of hydrogen-bond acceptors (Lipinski definition) is 1. The van der Waals surface area contributed by atoms with E-state index in [1.54, 1.807) is 6.34 Å². The molecule has 0 saturated carbocycles. The van der Waals surface area contributed by atoms with Crippen molar-refractivity contribution in [2.24, 2.45) is 4.99 Å². The molecule has 0 aromatic heterocycles. The molecule has 0 radical (unpaired) electrons. The van der Waals surface area contributed by atoms with Gasteiger partial charge < -0.3 is 4.90 Å². The maximum Gasteiger partial charge on any atom is 0.129 e. The fraction of sp³-hybridized carbons (Fsp3) is 0.316. The van der Waals surface area contributed by atoms with Gasteiger partial charge in [-0.1, -0.05) is 12.1 Å². The van der Waals surface area contributed by atoms with Crippen LogP contribution in [0.4, 0.5) is 14.5 Å². The van der Waals surface area contributed by atoms with Gasteiger partial charge in [-0.05, 0) is 55.2 Å². The number of aliphatic imine (C=N–C) groups is 1. The quantitative estimate of drug-likeness (QED) is 0.572. The van der Waals surface area contributed by atoms with Crippen LogP contribution < -0.4 is 0 Å². The lowest BCUT2D eigenvalue weighted by Crippen LogP contribution is -2.14. The Hall–Kier alpha value is -2.23. The van der Waals surface area contributed by atoms with E-state index in [0.717, 1.165) is 35.0 Å². The van der Waals surface area contributed by atoms with E-state index in [2.05, 4.69) is 11.9 Å². The smallest absolute Gasteiger partial charge is 0.129 e. The maximum atomic E-state index is 13.8. The summed E-state index contributed by atoms with van der Waals surface area (Å²) in [5.74, 6) is -1.06. The summed E-state index contributed by atoms with van der Waals surface area (Å²) in [5.41, 5.74) is 4.51. The van der Waals surface area contributed by atoms with Crippen LogP contribution in [0.3, 0.4) is 0 Å². The summed E-state index contributed by atoms with van der Waals surface area (Å²) in [6.45, 7) is 6.93. The van der Waals surface area contributed by atoms with Gasteiger partial charge in [0.25, 0.3) is 0 Å². The number of aryl methyl sites for hydroxylation is 2. The lowest BCUT2D eigenvalue weighted by Gasteiger charge is -2.12. The molecule has 0 spiro atoms. The van der Waals surface area contributed by atoms with Crippen molar-refractivity contribution in [1.29, 1.82) is 0 Å². The van der Waals surface area contributed by atoms with Gasteiger partial charge in [0.2, 0.25) is 0 Å². The average Bonchev–Trinajstić information content (AvgIpc) is 2.51. The Morgan fingerprint density at radius 3 is 2.43 bits per heavy atom. The predicted octanol–water partition coefficient (Wildman–Crippen LogP) is 4.78. The Bertz CT molecular complexity index is 724. The lowest BCUT2D eigenvalue weighted by atomic mass is 9.97. The molecule has 0 atom stereocenters. The molecule has 0 amide bonds. The summed E-state index contributed by atoms with van der Waals surface area (Å²) in [6, 6.07) is 7.75. The van der Waals surface area contributed by atoms with E-state index in [-0.39, 0.29) is 0 Å². The van der Waals surface area contributed by atoms with Crippen molar-refractivity contribution in [1.82, 2.24) is 4.90 Å². The van der Waals surface area contributed by atoms with Gasteiger partial charge in [0.1, 0.15) is 11.6 Å². The zero-order chi connectivity index (χ0) is 17.0. The van der Waals surface area contributed by atoms with Gasteiger partial charge >= 0.3 is 0 Å². The Balaban J connectivity index is 2.27. The zero-order valence-corrected chi connectivity index (χ0v) is 14.0. The minimum atomic E-state index is -0.552. The molecule has 2 aromatic carbocycles. The van der Waals surface area contributed by atoms with E-state index in [4.69, 9.17) is 0 Å². The molecule has 0 saturated heterocycles. The topological polar surface area (TPSA) is 15.6 Å². The van der Waals surface area contributed by atoms with Gasteiger partial charge in [0, 0.05) is 26.1 Å². The standard InChI is InChI=1S/C19H22F2N2/c1-5-23(4)12-22-19-9-13(2)16(8-14(19)3)10-15-6-7-17(20)11-18(15)21/h6-9,11-12H,5,10H2,1-4H3. The van der Waals surface area contributed by atoms with Crippen LogP contribution in [0.5, 0.6) is 0 Å². The third-order valence-corrected chi connectivity index (χ3v) is 3.94. The molecule has 4 heteroatoms. The van der Waals surface area contributed by atoms with Gasteiger partial charge in [-0.25, -0.2) is 13.8 Å². The van der Waals surface area contributed by atoms with Crippen LogP contribution in [0.15, 0.2) is 35.3 Å². The van der Waals surface area contributed by atoms with Gasteiger partial charge in [0.05, 0.1) is 12.0 Å². The van der Waals surface area contributed by atoms with Crippen LogP contribution in [0.25, 0.3) is 0 Å². The highest BCUT2D eigenvalue weighted by atomic mass is 19.1. The number of halogens is 2. The Kier molecular flexibility index (Phi) is 5.48. The largest absolute Gasteiger partial charge is 0.366 e. The fourth-order valence-electron chi connectivity index (χ4n) is 2.30. The Morgan fingerprint density at radius 1 is 1.04 bits per heavy atom. The fourth-order valence-corrected chi connectivity index (χ4v) is 2.30. The third kappa shape index (κ3) is 4.38. The number of nitrogens with zero attached hydrogens (tertiary/aromatic N) is 2. The predicted molar refractivity (Wildman–Crippen MR) is 91.5 cm³/mol. The highest BCUT2D eigenvalue weighted by Gasteiger charge is 2.09. The van der Waals surface area contributed by atoms with E-state index in [9.17, 15) is 8.78 Å². The molecule has 2 rings (SSSR count). The zero-order valence-electron chi connectivity index (χ0n) is 14.0. The highest BCUT2D eigenvalue weighted by molar-refractivity contribution is 5.64. The molecule has 23 heavy (non-hydrogen) atoms. The molecule has 0 aliphatic rings. The third-order valence-electron chi connectivity index (χ3n) is 3.94. The van der Waals surface area contributed by atoms with Crippen LogP contribution in [0.2, 0.25) is 0 Å². The molecule has 0 N–H and O–H groups in total. The first-order valence-corrected chi connectivity index (χ1v) is 7.69. The van der Waals surface area contributed by atoms with Gasteiger partial charge in [-0.2, -0.15) is 0 Å². The summed E-state index contributed by atoms with van der Waals surface area (Å²) >= 11 is 0. The molecule has 2 aromatic rings. The SMILES string of the molecule is CCN(C)C=Nc1cc(C)c(Cc2ccc(F)cc2F)cc1C. The van der Waals surface area contributed by atoms with Gasteiger partial charge in [0.15, 0.2) is 0 Å². The number of hydrogen-bond donors (Lipinski definition) is 0. The van der Waals surface area contributed by atoms with Crippen LogP contribution in [-0.4, -0.2) is 24.8 Å². The van der Waals surface area contributed by atoms with Crippen molar-refractivity contribution >= 4 is 12.0 Å². The molecule has 122 valence electrons. The monoisotopic (exact) mass is 316 g/mol. The van der Waals surface area contributed by atoms with Crippen molar-refractivity contribution < 1.29 is 8.78 Å². The second-order valence-corrected chi connectivity index (χ2v) is 5.80. The van der Waals surface area contributed by atoms with E-state index < -0.39 is 11.6 Å². The second kappa shape index (κ2) is 7.36. The maximum absolute atomic E-state index is 13.8. The van der Waals surface area contributed by atoms with E-state index in [1.165, 1.54) is 12.1 Å². The summed E-state index contributed by atoms with van der Waals surface area (Å²) in [5, 5.41) is 0. The van der Waals surface area contributed by atoms with E-state index >= 15 is 0 Å². The van der Waals surface area contributed by atoms with Gasteiger partial charge in [-0.3, -0.25) is 0 Å². The number of rotatable bonds is 5. The summed E-state index contributed by atoms with van der Waals surface area (Å²) in [6.07, 6.45) is 2.25. The second-order valence-electron chi connectivity index (χ2n) is 5.80. The van der Waals surface area contributed by atoms with Crippen LogP contribution in [0, 0.1) is 25.5 Å². The first-order valence-electron chi connectivity index (χ1n) is 7.69. The van der Waals surface area contributed by atoms with Crippen molar-refractivity contribution in [3.63, 3.8) is 0 Å². The molecule has 0 bridgehead atoms. The molecule has 2 nitrogen and oxygen atoms in total. The molecular weight excluding hydrogens is 294 g/mol. The first-order chi connectivity index (χ1) is 10.9. The van der Waals surface area contributed by atoms with Crippen LogP contribution >= 0.6 is 0 Å². The lowest BCUT2D eigenvalue weighted by molar-refractivity contribution is 0.552. The number of benzene rings is 2. The molecule has 0 unspecified atom stereocenters. The van der Waals surface area contributed by atoms with Crippen molar-refractivity contribution in [3.05, 3.63) is 64.2 Å². The molecule has 0 aliphatic carbocycles. The first kappa shape index (κ1) is 17.1. The van der Waals surface area contributed by atoms with Crippen molar-refractivity contribution in [3.8, 4) is 0 Å². The summed E-state index contributed by atoms with van der Waals surface area (Å²) in [7, 11) is 1.97. The highest BCUT2D eigenvalue weighted by Crippen LogP contribution is 2.25. The Morgan fingerprint density at radius 2 is 1.78 bits per heavy atom. The van der Waals surface area contributed by atoms with Crippen LogP contribution in [0.1, 0.15) is 29.2 Å². The molecule has 0 heterocycles. The molecular formula is C19H22F2N2. The van der Waals surface area contributed by atoms with Crippen LogP contribution in [-0.2, 0) is 6.42 Å². The summed E-state index contributed by atoms with van der Waals surface area (Å²) in [4.78, 5) is 6.49. The normalized spacial score (nSPS) is 11.2. The van der Waals surface area contributed by atoms with Crippen molar-refractivity contribution in [2.75, 3.05) is 13.6 Å². The molecule has 0 aliphatic heterocycles. The minimum Gasteiger partial charge on any atom is -0.366 e. The average molecular weight is 316 g/mol. The summed E-state index contributed by atoms with van der Waals surface area (Å²) < 4.78 is 26.8. The van der Waals surface area contributed by atoms with E-state index in [0.29, 0.717) is 12.0 Å². The van der Waals surface area contributed by atoms with Gasteiger partial charge in [-0.15, -0.1) is 0 Å². The minimum absolute atomic E-state index is 0.442. The Labute approximate surface area is 136 Å². The molecule has 0 fully saturated rings.